The largest absolute Gasteiger partial charge is 0.497 e. The van der Waals surface area contributed by atoms with E-state index in [0.29, 0.717) is 17.2 Å². The molecule has 0 radical (unpaired) electrons. The van der Waals surface area contributed by atoms with Crippen LogP contribution in [0.1, 0.15) is 10.4 Å². The number of benzene rings is 2. The van der Waals surface area contributed by atoms with Crippen LogP contribution in [0, 0.1) is 0 Å². The Kier molecular flexibility index (Phi) is 7.38. The molecule has 0 saturated carbocycles. The molecule has 2 aromatic rings. The van der Waals surface area contributed by atoms with Crippen LogP contribution in [-0.4, -0.2) is 57.1 Å². The monoisotopic (exact) mass is 386 g/mol. The molecule has 148 valence electrons. The number of anilines is 1. The molecule has 1 N–H and O–H groups in total. The molecule has 2 amide bonds. The lowest BCUT2D eigenvalue weighted by Crippen LogP contribution is -2.37. The van der Waals surface area contributed by atoms with Crippen molar-refractivity contribution >= 4 is 23.5 Å². The van der Waals surface area contributed by atoms with Crippen LogP contribution < -0.4 is 14.8 Å². The number of likely N-dealkylation sites (N-methyl/N-ethyl adjacent to an activating group) is 1. The molecule has 0 bridgehead atoms. The average molecular weight is 386 g/mol. The molecule has 0 spiro atoms. The summed E-state index contributed by atoms with van der Waals surface area (Å²) in [7, 11) is 4.46. The maximum Gasteiger partial charge on any atom is 0.338 e. The van der Waals surface area contributed by atoms with E-state index in [1.165, 1.54) is 32.2 Å². The molecule has 0 aliphatic rings. The summed E-state index contributed by atoms with van der Waals surface area (Å²) in [5.74, 6) is -0.430. The van der Waals surface area contributed by atoms with Gasteiger partial charge in [0.2, 0.25) is 5.91 Å². The van der Waals surface area contributed by atoms with Gasteiger partial charge >= 0.3 is 5.97 Å². The van der Waals surface area contributed by atoms with E-state index in [1.54, 1.807) is 42.5 Å². The Hall–Kier alpha value is -3.55. The molecule has 0 aliphatic heterocycles. The molecule has 0 unspecified atom stereocenters. The lowest BCUT2D eigenvalue weighted by atomic mass is 10.2. The Morgan fingerprint density at radius 1 is 0.964 bits per heavy atom. The number of methoxy groups -OCH3 is 2. The number of esters is 1. The second kappa shape index (κ2) is 9.96. The Balaban J connectivity index is 1.82. The average Bonchev–Trinajstić information content (AvgIpc) is 2.71. The Bertz CT molecular complexity index is 852. The van der Waals surface area contributed by atoms with Crippen LogP contribution in [0.25, 0.3) is 0 Å². The SMILES string of the molecule is COc1cccc(NC(=O)CN(C)C(=O)COC(=O)c2cccc(OC)c2)c1. The summed E-state index contributed by atoms with van der Waals surface area (Å²) in [4.78, 5) is 37.4. The van der Waals surface area contributed by atoms with Gasteiger partial charge in [0.25, 0.3) is 5.91 Å². The molecule has 8 nitrogen and oxygen atoms in total. The maximum atomic E-state index is 12.1. The topological polar surface area (TPSA) is 94.2 Å². The van der Waals surface area contributed by atoms with E-state index in [9.17, 15) is 14.4 Å². The smallest absolute Gasteiger partial charge is 0.338 e. The van der Waals surface area contributed by atoms with Gasteiger partial charge in [-0.3, -0.25) is 9.59 Å². The van der Waals surface area contributed by atoms with Gasteiger partial charge < -0.3 is 24.4 Å². The molecule has 0 saturated heterocycles. The Morgan fingerprint density at radius 2 is 1.61 bits per heavy atom. The second-order valence-corrected chi connectivity index (χ2v) is 5.84. The van der Waals surface area contributed by atoms with Crippen molar-refractivity contribution in [3.8, 4) is 11.5 Å². The zero-order valence-electron chi connectivity index (χ0n) is 15.9. The first-order chi connectivity index (χ1) is 13.4. The first kappa shape index (κ1) is 20.8. The highest BCUT2D eigenvalue weighted by Crippen LogP contribution is 2.16. The predicted molar refractivity (Wildman–Crippen MR) is 103 cm³/mol. The number of amides is 2. The summed E-state index contributed by atoms with van der Waals surface area (Å²) in [5, 5.41) is 2.67. The van der Waals surface area contributed by atoms with Crippen LogP contribution in [0.3, 0.4) is 0 Å². The first-order valence-electron chi connectivity index (χ1n) is 8.42. The Labute approximate surface area is 163 Å². The maximum absolute atomic E-state index is 12.1. The zero-order chi connectivity index (χ0) is 20.5. The van der Waals surface area contributed by atoms with Crippen LogP contribution in [0.4, 0.5) is 5.69 Å². The van der Waals surface area contributed by atoms with Crippen LogP contribution in [0.2, 0.25) is 0 Å². The van der Waals surface area contributed by atoms with Gasteiger partial charge in [0, 0.05) is 18.8 Å². The van der Waals surface area contributed by atoms with E-state index in [-0.39, 0.29) is 18.0 Å². The lowest BCUT2D eigenvalue weighted by Gasteiger charge is -2.17. The number of carbonyl (C=O) groups excluding carboxylic acids is 3. The van der Waals surface area contributed by atoms with E-state index in [4.69, 9.17) is 14.2 Å². The number of carbonyl (C=O) groups is 3. The molecular weight excluding hydrogens is 364 g/mol. The van der Waals surface area contributed by atoms with Crippen molar-refractivity contribution in [3.63, 3.8) is 0 Å². The van der Waals surface area contributed by atoms with Crippen molar-refractivity contribution in [2.75, 3.05) is 39.7 Å². The van der Waals surface area contributed by atoms with E-state index in [1.807, 2.05) is 0 Å². The van der Waals surface area contributed by atoms with Gasteiger partial charge in [0.1, 0.15) is 11.5 Å². The highest BCUT2D eigenvalue weighted by atomic mass is 16.5. The highest BCUT2D eigenvalue weighted by Gasteiger charge is 2.16. The second-order valence-electron chi connectivity index (χ2n) is 5.84. The highest BCUT2D eigenvalue weighted by molar-refractivity contribution is 5.95. The van der Waals surface area contributed by atoms with E-state index in [0.717, 1.165) is 0 Å². The third-order valence-corrected chi connectivity index (χ3v) is 3.79. The minimum atomic E-state index is -0.651. The van der Waals surface area contributed by atoms with Gasteiger partial charge in [-0.15, -0.1) is 0 Å². The van der Waals surface area contributed by atoms with Crippen LogP contribution in [0.5, 0.6) is 11.5 Å². The molecule has 0 fully saturated rings. The van der Waals surface area contributed by atoms with Crippen molar-refractivity contribution in [3.05, 3.63) is 54.1 Å². The van der Waals surface area contributed by atoms with Gasteiger partial charge in [-0.1, -0.05) is 12.1 Å². The van der Waals surface area contributed by atoms with Gasteiger partial charge in [-0.05, 0) is 30.3 Å². The molecular formula is C20H22N2O6. The van der Waals surface area contributed by atoms with Crippen molar-refractivity contribution in [1.29, 1.82) is 0 Å². The fraction of sp³-hybridized carbons (Fsp3) is 0.250. The number of nitrogens with one attached hydrogen (secondary N) is 1. The Morgan fingerprint density at radius 3 is 2.29 bits per heavy atom. The minimum absolute atomic E-state index is 0.188. The standard InChI is InChI=1S/C20H22N2O6/c1-22(12-18(23)21-15-7-5-9-17(11-15)27-3)19(24)13-28-20(25)14-6-4-8-16(10-14)26-2/h4-11H,12-13H2,1-3H3,(H,21,23). The molecule has 0 atom stereocenters. The van der Waals surface area contributed by atoms with E-state index in [2.05, 4.69) is 5.32 Å². The summed E-state index contributed by atoms with van der Waals surface area (Å²) in [6.07, 6.45) is 0. The van der Waals surface area contributed by atoms with Gasteiger partial charge in [0.05, 0.1) is 26.3 Å². The number of hydrogen-bond donors (Lipinski definition) is 1. The fourth-order valence-electron chi connectivity index (χ4n) is 2.28. The lowest BCUT2D eigenvalue weighted by molar-refractivity contribution is -0.136. The van der Waals surface area contributed by atoms with Crippen molar-refractivity contribution < 1.29 is 28.6 Å². The van der Waals surface area contributed by atoms with Gasteiger partial charge in [0.15, 0.2) is 6.61 Å². The minimum Gasteiger partial charge on any atom is -0.497 e. The number of rotatable bonds is 8. The number of ether oxygens (including phenoxy) is 3. The van der Waals surface area contributed by atoms with Crippen molar-refractivity contribution in [2.24, 2.45) is 0 Å². The molecule has 0 heterocycles. The molecule has 0 aliphatic carbocycles. The molecule has 0 aromatic heterocycles. The predicted octanol–water partition coefficient (Wildman–Crippen LogP) is 1.96. The van der Waals surface area contributed by atoms with Gasteiger partial charge in [-0.25, -0.2) is 4.79 Å². The molecule has 8 heteroatoms. The molecule has 2 rings (SSSR count). The summed E-state index contributed by atoms with van der Waals surface area (Å²) < 4.78 is 15.1. The summed E-state index contributed by atoms with van der Waals surface area (Å²) in [5.41, 5.74) is 0.820. The first-order valence-corrected chi connectivity index (χ1v) is 8.42. The fourth-order valence-corrected chi connectivity index (χ4v) is 2.28. The van der Waals surface area contributed by atoms with Crippen molar-refractivity contribution in [2.45, 2.75) is 0 Å². The van der Waals surface area contributed by atoms with E-state index < -0.39 is 18.5 Å². The third kappa shape index (κ3) is 6.01. The molecule has 28 heavy (non-hydrogen) atoms. The number of nitrogens with zero attached hydrogens (tertiary/aromatic N) is 1. The summed E-state index contributed by atoms with van der Waals surface area (Å²) in [6.45, 7) is -0.661. The van der Waals surface area contributed by atoms with Gasteiger partial charge in [-0.2, -0.15) is 0 Å². The summed E-state index contributed by atoms with van der Waals surface area (Å²) in [6, 6.07) is 13.3. The third-order valence-electron chi connectivity index (χ3n) is 3.79. The van der Waals surface area contributed by atoms with Crippen LogP contribution in [-0.2, 0) is 14.3 Å². The van der Waals surface area contributed by atoms with Crippen LogP contribution in [0.15, 0.2) is 48.5 Å². The van der Waals surface area contributed by atoms with E-state index >= 15 is 0 Å². The molecule has 2 aromatic carbocycles. The van der Waals surface area contributed by atoms with Crippen molar-refractivity contribution in [1.82, 2.24) is 4.90 Å². The summed E-state index contributed by atoms with van der Waals surface area (Å²) >= 11 is 0. The normalized spacial score (nSPS) is 9.96. The number of hydrogen-bond acceptors (Lipinski definition) is 6. The van der Waals surface area contributed by atoms with Crippen LogP contribution >= 0.6 is 0 Å². The quantitative estimate of drug-likeness (QED) is 0.697. The zero-order valence-corrected chi connectivity index (χ0v) is 15.9.